The second-order valence-corrected chi connectivity index (χ2v) is 4.52. The van der Waals surface area contributed by atoms with E-state index in [0.29, 0.717) is 5.92 Å². The Labute approximate surface area is 84.3 Å². The molecule has 0 saturated carbocycles. The number of hydrogen-bond acceptors (Lipinski definition) is 3. The molecule has 2 saturated heterocycles. The van der Waals surface area contributed by atoms with Gasteiger partial charge in [0.1, 0.15) is 0 Å². The first-order valence-corrected chi connectivity index (χ1v) is 5.32. The van der Waals surface area contributed by atoms with E-state index in [1.807, 2.05) is 4.90 Å². The maximum absolute atomic E-state index is 11.8. The van der Waals surface area contributed by atoms with Gasteiger partial charge in [0, 0.05) is 38.7 Å². The van der Waals surface area contributed by atoms with Crippen LogP contribution in [0.25, 0.3) is 0 Å². The zero-order valence-electron chi connectivity index (χ0n) is 8.57. The van der Waals surface area contributed by atoms with Gasteiger partial charge in [0.05, 0.1) is 5.92 Å². The highest BCUT2D eigenvalue weighted by Gasteiger charge is 2.36. The Hall–Kier alpha value is -0.610. The lowest BCUT2D eigenvalue weighted by atomic mass is 10.00. The molecule has 0 aromatic heterocycles. The molecule has 2 fully saturated rings. The average Bonchev–Trinajstić information content (AvgIpc) is 2.43. The molecule has 4 nitrogen and oxygen atoms in total. The van der Waals surface area contributed by atoms with Crippen LogP contribution in [0.4, 0.5) is 0 Å². The van der Waals surface area contributed by atoms with Crippen molar-refractivity contribution in [1.29, 1.82) is 0 Å². The summed E-state index contributed by atoms with van der Waals surface area (Å²) in [4.78, 5) is 13.8. The smallest absolute Gasteiger partial charge is 0.228 e. The third-order valence-corrected chi connectivity index (χ3v) is 3.44. The van der Waals surface area contributed by atoms with Crippen LogP contribution in [0.2, 0.25) is 0 Å². The molecule has 2 aliphatic heterocycles. The van der Waals surface area contributed by atoms with E-state index >= 15 is 0 Å². The lowest BCUT2D eigenvalue weighted by molar-refractivity contribution is -0.136. The van der Waals surface area contributed by atoms with Crippen molar-refractivity contribution in [2.45, 2.75) is 6.92 Å². The van der Waals surface area contributed by atoms with Gasteiger partial charge in [-0.1, -0.05) is 6.92 Å². The first-order chi connectivity index (χ1) is 6.72. The number of amides is 1. The summed E-state index contributed by atoms with van der Waals surface area (Å²) >= 11 is 0. The number of aliphatic hydroxyl groups excluding tert-OH is 1. The van der Waals surface area contributed by atoms with Crippen LogP contribution in [0, 0.1) is 17.8 Å². The summed E-state index contributed by atoms with van der Waals surface area (Å²) in [5.41, 5.74) is 0. The molecule has 4 heteroatoms. The van der Waals surface area contributed by atoms with Gasteiger partial charge in [-0.15, -0.1) is 0 Å². The van der Waals surface area contributed by atoms with Gasteiger partial charge in [0.15, 0.2) is 0 Å². The van der Waals surface area contributed by atoms with Crippen LogP contribution in [0.5, 0.6) is 0 Å². The van der Waals surface area contributed by atoms with E-state index in [1.165, 1.54) is 0 Å². The van der Waals surface area contributed by atoms with E-state index in [-0.39, 0.29) is 24.3 Å². The zero-order valence-corrected chi connectivity index (χ0v) is 8.57. The third-order valence-electron chi connectivity index (χ3n) is 3.44. The molecular weight excluding hydrogens is 180 g/mol. The minimum atomic E-state index is 0.194. The fraction of sp³-hybridized carbons (Fsp3) is 0.900. The molecule has 2 atom stereocenters. The average molecular weight is 198 g/mol. The van der Waals surface area contributed by atoms with Gasteiger partial charge in [-0.25, -0.2) is 0 Å². The second-order valence-electron chi connectivity index (χ2n) is 4.52. The van der Waals surface area contributed by atoms with E-state index in [9.17, 15) is 4.79 Å². The predicted molar refractivity (Wildman–Crippen MR) is 52.7 cm³/mol. The minimum Gasteiger partial charge on any atom is -0.396 e. The van der Waals surface area contributed by atoms with Crippen molar-refractivity contribution in [2.24, 2.45) is 17.8 Å². The molecule has 2 rings (SSSR count). The van der Waals surface area contributed by atoms with Crippen molar-refractivity contribution in [3.63, 3.8) is 0 Å². The Kier molecular flexibility index (Phi) is 2.74. The van der Waals surface area contributed by atoms with E-state index in [2.05, 4.69) is 12.2 Å². The number of likely N-dealkylation sites (tertiary alicyclic amines) is 1. The number of carbonyl (C=O) groups excluding carboxylic acids is 1. The molecule has 0 bridgehead atoms. The summed E-state index contributed by atoms with van der Waals surface area (Å²) in [6.07, 6.45) is 0. The van der Waals surface area contributed by atoms with Crippen LogP contribution < -0.4 is 5.32 Å². The van der Waals surface area contributed by atoms with Crippen molar-refractivity contribution in [3.05, 3.63) is 0 Å². The Bertz CT molecular complexity index is 228. The van der Waals surface area contributed by atoms with E-state index in [0.717, 1.165) is 26.2 Å². The summed E-state index contributed by atoms with van der Waals surface area (Å²) in [5.74, 6) is 1.19. The number of nitrogens with one attached hydrogen (secondary N) is 1. The molecule has 0 unspecified atom stereocenters. The molecule has 2 aliphatic rings. The second kappa shape index (κ2) is 3.87. The summed E-state index contributed by atoms with van der Waals surface area (Å²) < 4.78 is 0. The van der Waals surface area contributed by atoms with Crippen molar-refractivity contribution in [1.82, 2.24) is 10.2 Å². The standard InChI is InChI=1S/C10H18N2O2/c1-7-4-12(5-9(7)6-13)10(14)8-2-11-3-8/h7-9,11,13H,2-6H2,1H3/t7-,9+/m1/s1. The Morgan fingerprint density at radius 1 is 1.50 bits per heavy atom. The quantitative estimate of drug-likeness (QED) is 0.616. The lowest BCUT2D eigenvalue weighted by Gasteiger charge is -2.30. The fourth-order valence-corrected chi connectivity index (χ4v) is 2.17. The molecule has 14 heavy (non-hydrogen) atoms. The Balaban J connectivity index is 1.90. The van der Waals surface area contributed by atoms with Crippen LogP contribution >= 0.6 is 0 Å². The molecule has 0 aromatic rings. The molecule has 2 N–H and O–H groups in total. The molecule has 0 spiro atoms. The summed E-state index contributed by atoms with van der Waals surface area (Å²) in [5, 5.41) is 12.2. The van der Waals surface area contributed by atoms with Crippen LogP contribution in [0.1, 0.15) is 6.92 Å². The predicted octanol–water partition coefficient (Wildman–Crippen LogP) is -0.707. The van der Waals surface area contributed by atoms with Gasteiger partial charge in [-0.2, -0.15) is 0 Å². The summed E-state index contributed by atoms with van der Waals surface area (Å²) in [6, 6.07) is 0. The summed E-state index contributed by atoms with van der Waals surface area (Å²) in [6.45, 7) is 5.52. The monoisotopic (exact) mass is 198 g/mol. The SMILES string of the molecule is C[C@@H]1CN(C(=O)C2CNC2)C[C@H]1CO. The van der Waals surface area contributed by atoms with Crippen molar-refractivity contribution in [2.75, 3.05) is 32.8 Å². The molecule has 2 heterocycles. The molecule has 1 amide bonds. The number of rotatable bonds is 2. The maximum Gasteiger partial charge on any atom is 0.228 e. The number of hydrogen-bond donors (Lipinski definition) is 2. The summed E-state index contributed by atoms with van der Waals surface area (Å²) in [7, 11) is 0. The van der Waals surface area contributed by atoms with Crippen LogP contribution in [0.3, 0.4) is 0 Å². The number of nitrogens with zero attached hydrogens (tertiary/aromatic N) is 1. The zero-order chi connectivity index (χ0) is 10.1. The van der Waals surface area contributed by atoms with E-state index in [1.54, 1.807) is 0 Å². The minimum absolute atomic E-state index is 0.194. The van der Waals surface area contributed by atoms with E-state index in [4.69, 9.17) is 5.11 Å². The molecular formula is C10H18N2O2. The lowest BCUT2D eigenvalue weighted by Crippen LogP contribution is -2.51. The van der Waals surface area contributed by atoms with Gasteiger partial charge in [0.25, 0.3) is 0 Å². The third kappa shape index (κ3) is 1.64. The molecule has 0 aliphatic carbocycles. The van der Waals surface area contributed by atoms with Gasteiger partial charge in [0.2, 0.25) is 5.91 Å². The Morgan fingerprint density at radius 2 is 2.21 bits per heavy atom. The van der Waals surface area contributed by atoms with Crippen molar-refractivity contribution < 1.29 is 9.90 Å². The van der Waals surface area contributed by atoms with Gasteiger partial charge >= 0.3 is 0 Å². The first-order valence-electron chi connectivity index (χ1n) is 5.32. The Morgan fingerprint density at radius 3 is 2.64 bits per heavy atom. The normalized spacial score (nSPS) is 33.1. The van der Waals surface area contributed by atoms with Crippen molar-refractivity contribution >= 4 is 5.91 Å². The first kappa shape index (κ1) is 9.93. The number of carbonyl (C=O) groups is 1. The maximum atomic E-state index is 11.8. The van der Waals surface area contributed by atoms with Crippen LogP contribution in [-0.2, 0) is 4.79 Å². The van der Waals surface area contributed by atoms with Crippen LogP contribution in [-0.4, -0.2) is 48.7 Å². The van der Waals surface area contributed by atoms with Crippen LogP contribution in [0.15, 0.2) is 0 Å². The topological polar surface area (TPSA) is 52.6 Å². The van der Waals surface area contributed by atoms with Gasteiger partial charge < -0.3 is 15.3 Å². The van der Waals surface area contributed by atoms with Gasteiger partial charge in [-0.05, 0) is 5.92 Å². The fourth-order valence-electron chi connectivity index (χ4n) is 2.17. The highest BCUT2D eigenvalue weighted by molar-refractivity contribution is 5.80. The molecule has 0 radical (unpaired) electrons. The molecule has 80 valence electrons. The van der Waals surface area contributed by atoms with E-state index < -0.39 is 0 Å². The highest BCUT2D eigenvalue weighted by atomic mass is 16.3. The van der Waals surface area contributed by atoms with Crippen molar-refractivity contribution in [3.8, 4) is 0 Å². The van der Waals surface area contributed by atoms with Gasteiger partial charge in [-0.3, -0.25) is 4.79 Å². The molecule has 0 aromatic carbocycles. The number of aliphatic hydroxyl groups is 1. The largest absolute Gasteiger partial charge is 0.396 e. The highest BCUT2D eigenvalue weighted by Crippen LogP contribution is 2.24.